The van der Waals surface area contributed by atoms with Gasteiger partial charge in [0.15, 0.2) is 12.3 Å². The number of likely N-dealkylation sites (tertiary alicyclic amines) is 1. The van der Waals surface area contributed by atoms with E-state index in [0.29, 0.717) is 29.4 Å². The van der Waals surface area contributed by atoms with Crippen molar-refractivity contribution in [3.05, 3.63) is 46.1 Å². The van der Waals surface area contributed by atoms with E-state index in [1.807, 2.05) is 0 Å². The number of fused-ring (bicyclic) bond motifs is 1. The van der Waals surface area contributed by atoms with Crippen LogP contribution in [-0.4, -0.2) is 45.3 Å². The number of aromatic nitrogens is 3. The van der Waals surface area contributed by atoms with Crippen molar-refractivity contribution in [3.63, 3.8) is 0 Å². The van der Waals surface area contributed by atoms with Crippen LogP contribution in [0.25, 0.3) is 16.7 Å². The first-order chi connectivity index (χ1) is 15.2. The van der Waals surface area contributed by atoms with Crippen LogP contribution in [0.3, 0.4) is 0 Å². The molecule has 6 nitrogen and oxygen atoms in total. The van der Waals surface area contributed by atoms with Crippen molar-refractivity contribution in [1.29, 1.82) is 0 Å². The van der Waals surface area contributed by atoms with E-state index < -0.39 is 11.7 Å². The fourth-order valence-corrected chi connectivity index (χ4v) is 4.10. The third kappa shape index (κ3) is 4.26. The topological polar surface area (TPSA) is 60.3 Å². The molecule has 3 heterocycles. The van der Waals surface area contributed by atoms with Crippen molar-refractivity contribution in [2.75, 3.05) is 19.7 Å². The predicted molar refractivity (Wildman–Crippen MR) is 114 cm³/mol. The summed E-state index contributed by atoms with van der Waals surface area (Å²) in [6, 6.07) is 5.91. The van der Waals surface area contributed by atoms with Crippen molar-refractivity contribution in [1.82, 2.24) is 19.7 Å². The molecule has 1 fully saturated rings. The van der Waals surface area contributed by atoms with Crippen LogP contribution in [0.2, 0.25) is 5.02 Å². The van der Waals surface area contributed by atoms with E-state index in [1.165, 1.54) is 11.6 Å². The molecular formula is C22H22ClF3N4O2. The number of aryl methyl sites for hydroxylation is 1. The van der Waals surface area contributed by atoms with Crippen LogP contribution >= 0.6 is 11.6 Å². The Balaban J connectivity index is 1.77. The molecule has 0 aliphatic carbocycles. The number of carbonyl (C=O) groups is 1. The number of pyridine rings is 1. The molecule has 0 spiro atoms. The molecule has 0 atom stereocenters. The minimum Gasteiger partial charge on any atom is -0.467 e. The molecule has 3 aromatic rings. The smallest absolute Gasteiger partial charge is 0.417 e. The monoisotopic (exact) mass is 466 g/mol. The highest BCUT2D eigenvalue weighted by Gasteiger charge is 2.36. The Kier molecular flexibility index (Phi) is 6.03. The van der Waals surface area contributed by atoms with Crippen molar-refractivity contribution >= 4 is 28.5 Å². The highest BCUT2D eigenvalue weighted by atomic mass is 35.5. The zero-order chi connectivity index (χ0) is 23.0. The van der Waals surface area contributed by atoms with Gasteiger partial charge in [-0.15, -0.1) is 0 Å². The third-order valence-electron chi connectivity index (χ3n) is 5.61. The molecule has 1 aliphatic heterocycles. The Hall–Kier alpha value is -2.81. The van der Waals surface area contributed by atoms with E-state index >= 15 is 0 Å². The molecule has 2 aromatic heterocycles. The lowest BCUT2D eigenvalue weighted by atomic mass is 10.1. The minimum absolute atomic E-state index is 0.0110. The summed E-state index contributed by atoms with van der Waals surface area (Å²) in [6.07, 6.45) is -1.78. The van der Waals surface area contributed by atoms with Gasteiger partial charge in [-0.3, -0.25) is 4.79 Å². The van der Waals surface area contributed by atoms with Gasteiger partial charge in [-0.1, -0.05) is 17.7 Å². The number of amides is 1. The van der Waals surface area contributed by atoms with E-state index in [-0.39, 0.29) is 35.1 Å². The summed E-state index contributed by atoms with van der Waals surface area (Å²) >= 11 is 6.21. The van der Waals surface area contributed by atoms with Crippen LogP contribution in [0.5, 0.6) is 5.88 Å². The summed E-state index contributed by atoms with van der Waals surface area (Å²) in [5.74, 6) is -0.549. The van der Waals surface area contributed by atoms with Gasteiger partial charge in [-0.05, 0) is 50.8 Å². The van der Waals surface area contributed by atoms with Crippen LogP contribution in [0.15, 0.2) is 24.3 Å². The molecule has 1 aliphatic rings. The minimum atomic E-state index is -4.65. The number of benzene rings is 1. The fraction of sp³-hybridized carbons (Fsp3) is 0.409. The predicted octanol–water partition coefficient (Wildman–Crippen LogP) is 5.10. The number of piperidine rings is 1. The zero-order valence-corrected chi connectivity index (χ0v) is 18.4. The first-order valence-electron chi connectivity index (χ1n) is 10.3. The molecule has 0 radical (unpaired) electrons. The van der Waals surface area contributed by atoms with Crippen LogP contribution in [0.4, 0.5) is 13.2 Å². The Morgan fingerprint density at radius 3 is 2.59 bits per heavy atom. The van der Waals surface area contributed by atoms with E-state index in [2.05, 4.69) is 10.1 Å². The molecule has 0 saturated carbocycles. The zero-order valence-electron chi connectivity index (χ0n) is 17.7. The summed E-state index contributed by atoms with van der Waals surface area (Å²) in [4.78, 5) is 18.4. The van der Waals surface area contributed by atoms with Gasteiger partial charge in [-0.25, -0.2) is 4.68 Å². The van der Waals surface area contributed by atoms with Gasteiger partial charge in [0.1, 0.15) is 0 Å². The first kappa shape index (κ1) is 22.4. The molecular weight excluding hydrogens is 445 g/mol. The molecule has 170 valence electrons. The fourth-order valence-electron chi connectivity index (χ4n) is 3.93. The van der Waals surface area contributed by atoms with Gasteiger partial charge in [0.25, 0.3) is 5.91 Å². The number of hydrogen-bond donors (Lipinski definition) is 0. The third-order valence-corrected chi connectivity index (χ3v) is 6.02. The van der Waals surface area contributed by atoms with Crippen molar-refractivity contribution in [2.24, 2.45) is 0 Å². The maximum absolute atomic E-state index is 13.9. The summed E-state index contributed by atoms with van der Waals surface area (Å²) in [7, 11) is 0. The van der Waals surface area contributed by atoms with Gasteiger partial charge in [0.2, 0.25) is 5.88 Å². The molecule has 32 heavy (non-hydrogen) atoms. The Morgan fingerprint density at radius 1 is 1.19 bits per heavy atom. The highest BCUT2D eigenvalue weighted by Crippen LogP contribution is 2.38. The summed E-state index contributed by atoms with van der Waals surface area (Å²) in [5, 5.41) is 4.65. The lowest BCUT2D eigenvalue weighted by molar-refractivity contribution is -0.136. The van der Waals surface area contributed by atoms with Gasteiger partial charge < -0.3 is 9.64 Å². The maximum Gasteiger partial charge on any atom is 0.417 e. The molecule has 4 rings (SSSR count). The number of carbonyl (C=O) groups excluding carboxylic acids is 1. The quantitative estimate of drug-likeness (QED) is 0.536. The number of alkyl halides is 3. The highest BCUT2D eigenvalue weighted by molar-refractivity contribution is 6.31. The molecule has 10 heteroatoms. The average Bonchev–Trinajstić information content (AvgIpc) is 3.09. The molecule has 0 N–H and O–H groups in total. The van der Waals surface area contributed by atoms with Gasteiger partial charge in [-0.2, -0.15) is 23.3 Å². The summed E-state index contributed by atoms with van der Waals surface area (Å²) in [6.45, 7) is 4.13. The standard InChI is InChI=1S/C22H22ClF3N4O2/c1-13-16(23)7-6-8-17(13)30-21-20(14(2)28-30)15(22(24,25)26)11-18(27-21)32-12-19(31)29-9-4-3-5-10-29/h6-8,11H,3-5,9-10,12H2,1-2H3. The average molecular weight is 467 g/mol. The second kappa shape index (κ2) is 8.61. The lowest BCUT2D eigenvalue weighted by Gasteiger charge is -2.26. The number of ether oxygens (including phenoxy) is 1. The van der Waals surface area contributed by atoms with Crippen molar-refractivity contribution < 1.29 is 22.7 Å². The number of rotatable bonds is 4. The first-order valence-corrected chi connectivity index (χ1v) is 10.7. The number of nitrogens with zero attached hydrogens (tertiary/aromatic N) is 4. The molecule has 1 aromatic carbocycles. The Labute approximate surface area is 187 Å². The van der Waals surface area contributed by atoms with Crippen LogP contribution in [-0.2, 0) is 11.0 Å². The molecule has 0 unspecified atom stereocenters. The summed E-state index contributed by atoms with van der Waals surface area (Å²) in [5.41, 5.74) is 0.419. The van der Waals surface area contributed by atoms with Crippen LogP contribution < -0.4 is 4.74 Å². The van der Waals surface area contributed by atoms with Crippen molar-refractivity contribution in [3.8, 4) is 11.6 Å². The SMILES string of the molecule is Cc1c(Cl)cccc1-n1nc(C)c2c(C(F)(F)F)cc(OCC(=O)N3CCCCC3)nc21. The molecule has 0 bridgehead atoms. The lowest BCUT2D eigenvalue weighted by Crippen LogP contribution is -2.38. The van der Waals surface area contributed by atoms with E-state index in [1.54, 1.807) is 30.0 Å². The number of hydrogen-bond acceptors (Lipinski definition) is 4. The Morgan fingerprint density at radius 2 is 1.91 bits per heavy atom. The largest absolute Gasteiger partial charge is 0.467 e. The second-order valence-electron chi connectivity index (χ2n) is 7.82. The van der Waals surface area contributed by atoms with Crippen LogP contribution in [0, 0.1) is 13.8 Å². The second-order valence-corrected chi connectivity index (χ2v) is 8.22. The molecule has 1 saturated heterocycles. The van der Waals surface area contributed by atoms with E-state index in [9.17, 15) is 18.0 Å². The van der Waals surface area contributed by atoms with Crippen molar-refractivity contribution in [2.45, 2.75) is 39.3 Å². The van der Waals surface area contributed by atoms with E-state index in [0.717, 1.165) is 25.3 Å². The van der Waals surface area contributed by atoms with Gasteiger partial charge in [0, 0.05) is 24.2 Å². The molecule has 1 amide bonds. The van der Waals surface area contributed by atoms with E-state index in [4.69, 9.17) is 16.3 Å². The maximum atomic E-state index is 13.9. The number of halogens is 4. The van der Waals surface area contributed by atoms with Gasteiger partial charge >= 0.3 is 6.18 Å². The van der Waals surface area contributed by atoms with Gasteiger partial charge in [0.05, 0.1) is 22.3 Å². The van der Waals surface area contributed by atoms with Crippen LogP contribution in [0.1, 0.15) is 36.1 Å². The summed E-state index contributed by atoms with van der Waals surface area (Å²) < 4.78 is 48.5. The normalized spacial score (nSPS) is 14.8. The Bertz CT molecular complexity index is 1170.